The van der Waals surface area contributed by atoms with Gasteiger partial charge >= 0.3 is 0 Å². The molecule has 0 unspecified atom stereocenters. The molecule has 2 atom stereocenters. The van der Waals surface area contributed by atoms with Gasteiger partial charge in [0, 0.05) is 29.5 Å². The summed E-state index contributed by atoms with van der Waals surface area (Å²) < 4.78 is 2.13. The van der Waals surface area contributed by atoms with Crippen LogP contribution in [-0.4, -0.2) is 19.8 Å². The van der Waals surface area contributed by atoms with Crippen molar-refractivity contribution in [3.63, 3.8) is 0 Å². The van der Waals surface area contributed by atoms with Crippen molar-refractivity contribution in [3.8, 4) is 11.4 Å². The molecular weight excluding hydrogens is 392 g/mol. The Bertz CT molecular complexity index is 1160. The Morgan fingerprint density at radius 1 is 0.833 bits per heavy atom. The number of hydrogen-bond acceptors (Lipinski definition) is 3. The average Bonchev–Trinajstić information content (AvgIpc) is 3.40. The van der Waals surface area contributed by atoms with Gasteiger partial charge in [-0.05, 0) is 72.9 Å². The lowest BCUT2D eigenvalue weighted by Crippen LogP contribution is -2.30. The number of nitrogens with one attached hydrogen (secondary N) is 1. The van der Waals surface area contributed by atoms with Crippen LogP contribution in [0, 0.1) is 0 Å². The number of pyridine rings is 1. The van der Waals surface area contributed by atoms with Crippen molar-refractivity contribution in [2.45, 2.75) is 12.1 Å². The van der Waals surface area contributed by atoms with Gasteiger partial charge in [-0.1, -0.05) is 24.3 Å². The third kappa shape index (κ3) is 3.21. The molecule has 2 aromatic carbocycles. The molecule has 1 saturated heterocycles. The van der Waals surface area contributed by atoms with Gasteiger partial charge in [-0.25, -0.2) is 0 Å². The molecule has 2 aromatic heterocycles. The first-order valence-electron chi connectivity index (χ1n) is 9.75. The van der Waals surface area contributed by atoms with Crippen LogP contribution in [0.2, 0.25) is 0 Å². The zero-order valence-corrected chi connectivity index (χ0v) is 16.9. The van der Waals surface area contributed by atoms with Gasteiger partial charge in [0.05, 0.1) is 11.7 Å². The van der Waals surface area contributed by atoms with Gasteiger partial charge in [0.2, 0.25) is 0 Å². The van der Waals surface area contributed by atoms with E-state index in [0.29, 0.717) is 5.11 Å². The van der Waals surface area contributed by atoms with E-state index in [-0.39, 0.29) is 17.8 Å². The van der Waals surface area contributed by atoms with Crippen LogP contribution in [0.15, 0.2) is 97.3 Å². The normalized spacial score (nSPS) is 18.4. The molecule has 1 fully saturated rings. The summed E-state index contributed by atoms with van der Waals surface area (Å²) in [6.07, 6.45) is 3.84. The molecule has 3 heterocycles. The fourth-order valence-electron chi connectivity index (χ4n) is 4.01. The molecule has 4 aromatic rings. The second kappa shape index (κ2) is 7.65. The predicted octanol–water partition coefficient (Wildman–Crippen LogP) is 4.76. The third-order valence-corrected chi connectivity index (χ3v) is 5.66. The number of aromatic hydroxyl groups is 1. The van der Waals surface area contributed by atoms with Crippen LogP contribution in [-0.2, 0) is 0 Å². The van der Waals surface area contributed by atoms with Gasteiger partial charge < -0.3 is 19.9 Å². The van der Waals surface area contributed by atoms with E-state index in [0.717, 1.165) is 22.8 Å². The number of phenols is 1. The van der Waals surface area contributed by atoms with Crippen LogP contribution in [0.5, 0.6) is 5.75 Å². The zero-order chi connectivity index (χ0) is 20.5. The second-order valence-corrected chi connectivity index (χ2v) is 7.54. The van der Waals surface area contributed by atoms with Crippen molar-refractivity contribution in [1.29, 1.82) is 0 Å². The molecule has 0 radical (unpaired) electrons. The highest BCUT2D eigenvalue weighted by molar-refractivity contribution is 7.80. The lowest BCUT2D eigenvalue weighted by atomic mass is 10.0. The first-order chi connectivity index (χ1) is 14.7. The number of benzene rings is 2. The minimum atomic E-state index is -0.107. The summed E-state index contributed by atoms with van der Waals surface area (Å²) in [5, 5.41) is 13.9. The third-order valence-electron chi connectivity index (χ3n) is 5.34. The highest BCUT2D eigenvalue weighted by Gasteiger charge is 2.42. The summed E-state index contributed by atoms with van der Waals surface area (Å²) in [4.78, 5) is 6.76. The van der Waals surface area contributed by atoms with Crippen LogP contribution in [0.25, 0.3) is 5.69 Å². The molecule has 1 aliphatic rings. The average molecular weight is 413 g/mol. The Morgan fingerprint density at radius 2 is 1.60 bits per heavy atom. The largest absolute Gasteiger partial charge is 0.508 e. The fraction of sp³-hybridized carbons (Fsp3) is 0.0833. The first-order valence-corrected chi connectivity index (χ1v) is 10.2. The topological polar surface area (TPSA) is 53.3 Å². The van der Waals surface area contributed by atoms with E-state index in [1.54, 1.807) is 18.3 Å². The van der Waals surface area contributed by atoms with Gasteiger partial charge in [0.25, 0.3) is 0 Å². The maximum Gasteiger partial charge on any atom is 0.174 e. The van der Waals surface area contributed by atoms with E-state index in [1.165, 1.54) is 0 Å². The molecule has 30 heavy (non-hydrogen) atoms. The summed E-state index contributed by atoms with van der Waals surface area (Å²) in [7, 11) is 0. The maximum atomic E-state index is 9.70. The summed E-state index contributed by atoms with van der Waals surface area (Å²) in [5.74, 6) is 0.244. The second-order valence-electron chi connectivity index (χ2n) is 7.15. The fourth-order valence-corrected chi connectivity index (χ4v) is 4.35. The van der Waals surface area contributed by atoms with Gasteiger partial charge in [0.1, 0.15) is 11.8 Å². The maximum absolute atomic E-state index is 9.70. The number of thiocarbonyl (C=S) groups is 1. The lowest BCUT2D eigenvalue weighted by Gasteiger charge is -2.29. The number of aromatic nitrogens is 2. The quantitative estimate of drug-likeness (QED) is 0.474. The van der Waals surface area contributed by atoms with Crippen molar-refractivity contribution >= 4 is 23.0 Å². The molecule has 0 saturated carbocycles. The van der Waals surface area contributed by atoms with E-state index in [9.17, 15) is 5.11 Å². The highest BCUT2D eigenvalue weighted by atomic mass is 32.1. The smallest absolute Gasteiger partial charge is 0.174 e. The minimum absolute atomic E-state index is 0.0985. The summed E-state index contributed by atoms with van der Waals surface area (Å²) in [5.41, 5.74) is 4.00. The van der Waals surface area contributed by atoms with E-state index < -0.39 is 0 Å². The molecule has 0 bridgehead atoms. The standard InChI is InChI=1S/C24H20N4OS/c29-19-13-11-17(12-14-19)27-16-6-10-21(27)23-22(20-9-4-5-15-25-20)26-24(30)28(23)18-7-2-1-3-8-18/h1-16,22-23,29H,(H,26,30)/t22-,23-/m1/s1. The van der Waals surface area contributed by atoms with Crippen LogP contribution in [0.4, 0.5) is 5.69 Å². The Hall–Kier alpha value is -3.64. The first kappa shape index (κ1) is 18.4. The molecular formula is C24H20N4OS. The van der Waals surface area contributed by atoms with E-state index >= 15 is 0 Å². The van der Waals surface area contributed by atoms with Crippen molar-refractivity contribution in [2.75, 3.05) is 4.90 Å². The molecule has 148 valence electrons. The van der Waals surface area contributed by atoms with E-state index in [1.807, 2.05) is 60.8 Å². The van der Waals surface area contributed by atoms with Crippen LogP contribution in [0.1, 0.15) is 23.5 Å². The van der Waals surface area contributed by atoms with Crippen molar-refractivity contribution in [2.24, 2.45) is 0 Å². The molecule has 1 aliphatic heterocycles. The Morgan fingerprint density at radius 3 is 2.33 bits per heavy atom. The highest BCUT2D eigenvalue weighted by Crippen LogP contribution is 2.42. The van der Waals surface area contributed by atoms with Crippen LogP contribution >= 0.6 is 12.2 Å². The number of nitrogens with zero attached hydrogens (tertiary/aromatic N) is 3. The number of rotatable bonds is 4. The number of para-hydroxylation sites is 1. The molecule has 0 aliphatic carbocycles. The Labute approximate surface area is 180 Å². The van der Waals surface area contributed by atoms with Gasteiger partial charge in [-0.15, -0.1) is 0 Å². The Balaban J connectivity index is 1.66. The molecule has 0 amide bonds. The van der Waals surface area contributed by atoms with Crippen molar-refractivity contribution in [1.82, 2.24) is 14.9 Å². The molecule has 5 rings (SSSR count). The van der Waals surface area contributed by atoms with Crippen molar-refractivity contribution in [3.05, 3.63) is 109 Å². The number of hydrogen-bond donors (Lipinski definition) is 2. The molecule has 0 spiro atoms. The van der Waals surface area contributed by atoms with E-state index in [4.69, 9.17) is 12.2 Å². The summed E-state index contributed by atoms with van der Waals surface area (Å²) in [6, 6.07) is 27.2. The van der Waals surface area contributed by atoms with Crippen molar-refractivity contribution < 1.29 is 5.11 Å². The molecule has 5 nitrogen and oxygen atoms in total. The number of anilines is 1. The summed E-state index contributed by atoms with van der Waals surface area (Å²) in [6.45, 7) is 0. The SMILES string of the molecule is Oc1ccc(-n2cccc2[C@@H]2[C@@H](c3ccccn3)NC(=S)N2c2ccccc2)cc1. The lowest BCUT2D eigenvalue weighted by molar-refractivity contribution is 0.475. The molecule has 6 heteroatoms. The monoisotopic (exact) mass is 412 g/mol. The minimum Gasteiger partial charge on any atom is -0.508 e. The van der Waals surface area contributed by atoms with Gasteiger partial charge in [-0.3, -0.25) is 4.98 Å². The predicted molar refractivity (Wildman–Crippen MR) is 122 cm³/mol. The van der Waals surface area contributed by atoms with Crippen LogP contribution < -0.4 is 10.2 Å². The van der Waals surface area contributed by atoms with Crippen LogP contribution in [0.3, 0.4) is 0 Å². The number of phenolic OH excluding ortho intramolecular Hbond substituents is 1. The summed E-state index contributed by atoms with van der Waals surface area (Å²) >= 11 is 5.77. The van der Waals surface area contributed by atoms with Gasteiger partial charge in [-0.2, -0.15) is 0 Å². The van der Waals surface area contributed by atoms with Gasteiger partial charge in [0.15, 0.2) is 5.11 Å². The van der Waals surface area contributed by atoms with E-state index in [2.05, 4.69) is 38.0 Å². The molecule has 2 N–H and O–H groups in total. The zero-order valence-electron chi connectivity index (χ0n) is 16.1. The Kier molecular flexibility index (Phi) is 4.69.